The Bertz CT molecular complexity index is 474. The molecular formula is C14H18N2O3S. The predicted octanol–water partition coefficient (Wildman–Crippen LogP) is 2.07. The molecule has 0 saturated heterocycles. The number of thioether (sulfide) groups is 1. The fraction of sp³-hybridized carbons (Fsp3) is 0.429. The van der Waals surface area contributed by atoms with Gasteiger partial charge in [-0.3, -0.25) is 9.79 Å². The molecule has 20 heavy (non-hydrogen) atoms. The number of amidine groups is 1. The lowest BCUT2D eigenvalue weighted by atomic mass is 10.3. The Morgan fingerprint density at radius 1 is 1.35 bits per heavy atom. The Hall–Kier alpha value is -1.69. The molecule has 0 saturated carbocycles. The molecule has 0 atom stereocenters. The molecule has 0 aliphatic carbocycles. The van der Waals surface area contributed by atoms with Crippen molar-refractivity contribution in [3.05, 3.63) is 24.3 Å². The Morgan fingerprint density at radius 3 is 2.75 bits per heavy atom. The maximum Gasteiger partial charge on any atom is 0.226 e. The summed E-state index contributed by atoms with van der Waals surface area (Å²) < 4.78 is 10.6. The third-order valence-electron chi connectivity index (χ3n) is 2.71. The zero-order chi connectivity index (χ0) is 14.2. The van der Waals surface area contributed by atoms with Crippen molar-refractivity contribution in [1.29, 1.82) is 0 Å². The van der Waals surface area contributed by atoms with Crippen LogP contribution >= 0.6 is 11.8 Å². The van der Waals surface area contributed by atoms with E-state index in [2.05, 4.69) is 10.3 Å². The van der Waals surface area contributed by atoms with Crippen molar-refractivity contribution < 1.29 is 14.3 Å². The number of benzene rings is 1. The number of carbonyl (C=O) groups excluding carboxylic acids is 1. The normalized spacial score (nSPS) is 13.8. The summed E-state index contributed by atoms with van der Waals surface area (Å²) in [6.45, 7) is 1.31. The zero-order valence-corrected chi connectivity index (χ0v) is 12.2. The molecule has 1 aliphatic heterocycles. The fourth-order valence-corrected chi connectivity index (χ4v) is 2.43. The Labute approximate surface area is 122 Å². The van der Waals surface area contributed by atoms with Gasteiger partial charge in [0.05, 0.1) is 20.3 Å². The summed E-state index contributed by atoms with van der Waals surface area (Å²) in [6.07, 6.45) is 1.12. The van der Waals surface area contributed by atoms with E-state index in [9.17, 15) is 4.79 Å². The molecule has 0 fully saturated rings. The number of rotatable bonds is 6. The molecule has 0 unspecified atom stereocenters. The maximum absolute atomic E-state index is 11.6. The van der Waals surface area contributed by atoms with Crippen LogP contribution in [0.25, 0.3) is 0 Å². The SMILES string of the molecule is COc1ccc(OCCCC(=O)NC2=NCCS2)cc1. The van der Waals surface area contributed by atoms with Crippen molar-refractivity contribution >= 4 is 22.8 Å². The number of carbonyl (C=O) groups is 1. The summed E-state index contributed by atoms with van der Waals surface area (Å²) in [7, 11) is 1.63. The number of ether oxygens (including phenoxy) is 2. The van der Waals surface area contributed by atoms with Crippen LogP contribution in [0.15, 0.2) is 29.3 Å². The van der Waals surface area contributed by atoms with Gasteiger partial charge in [0.2, 0.25) is 5.91 Å². The molecule has 6 heteroatoms. The lowest BCUT2D eigenvalue weighted by molar-refractivity contribution is -0.119. The topological polar surface area (TPSA) is 59.9 Å². The van der Waals surface area contributed by atoms with E-state index in [4.69, 9.17) is 9.47 Å². The number of nitrogens with zero attached hydrogens (tertiary/aromatic N) is 1. The van der Waals surface area contributed by atoms with E-state index in [1.54, 1.807) is 18.9 Å². The highest BCUT2D eigenvalue weighted by Gasteiger charge is 2.10. The number of hydrogen-bond donors (Lipinski definition) is 1. The second-order valence-electron chi connectivity index (χ2n) is 4.21. The van der Waals surface area contributed by atoms with Crippen molar-refractivity contribution in [2.45, 2.75) is 12.8 Å². The zero-order valence-electron chi connectivity index (χ0n) is 11.4. The molecule has 5 nitrogen and oxygen atoms in total. The van der Waals surface area contributed by atoms with Crippen molar-refractivity contribution in [2.24, 2.45) is 4.99 Å². The van der Waals surface area contributed by atoms with Crippen molar-refractivity contribution in [1.82, 2.24) is 5.32 Å². The third-order valence-corrected chi connectivity index (χ3v) is 3.60. The molecule has 0 aromatic heterocycles. The van der Waals surface area contributed by atoms with Crippen molar-refractivity contribution in [2.75, 3.05) is 26.0 Å². The maximum atomic E-state index is 11.6. The molecule has 0 spiro atoms. The molecule has 108 valence electrons. The smallest absolute Gasteiger partial charge is 0.226 e. The molecule has 1 N–H and O–H groups in total. The van der Waals surface area contributed by atoms with E-state index in [0.29, 0.717) is 19.4 Å². The van der Waals surface area contributed by atoms with Crippen LogP contribution in [0.2, 0.25) is 0 Å². The van der Waals surface area contributed by atoms with Gasteiger partial charge in [-0.05, 0) is 30.7 Å². The second-order valence-corrected chi connectivity index (χ2v) is 5.29. The van der Waals surface area contributed by atoms with E-state index < -0.39 is 0 Å². The minimum absolute atomic E-state index is 0.00326. The van der Waals surface area contributed by atoms with Crippen LogP contribution in [-0.2, 0) is 4.79 Å². The summed E-state index contributed by atoms with van der Waals surface area (Å²) in [5.41, 5.74) is 0. The van der Waals surface area contributed by atoms with Gasteiger partial charge in [-0.2, -0.15) is 0 Å². The lowest BCUT2D eigenvalue weighted by Crippen LogP contribution is -2.27. The molecule has 1 aromatic carbocycles. The Morgan fingerprint density at radius 2 is 2.10 bits per heavy atom. The highest BCUT2D eigenvalue weighted by atomic mass is 32.2. The van der Waals surface area contributed by atoms with Crippen molar-refractivity contribution in [3.8, 4) is 11.5 Å². The number of aliphatic imine (C=N–C) groups is 1. The fourth-order valence-electron chi connectivity index (χ4n) is 1.69. The van der Waals surface area contributed by atoms with E-state index in [-0.39, 0.29) is 5.91 Å². The molecule has 0 radical (unpaired) electrons. The highest BCUT2D eigenvalue weighted by molar-refractivity contribution is 8.14. The van der Waals surface area contributed by atoms with Gasteiger partial charge in [-0.1, -0.05) is 11.8 Å². The number of methoxy groups -OCH3 is 1. The highest BCUT2D eigenvalue weighted by Crippen LogP contribution is 2.17. The molecule has 1 aromatic rings. The average molecular weight is 294 g/mol. The Kier molecular flexibility index (Phi) is 5.73. The van der Waals surface area contributed by atoms with Crippen LogP contribution < -0.4 is 14.8 Å². The van der Waals surface area contributed by atoms with E-state index >= 15 is 0 Å². The lowest BCUT2D eigenvalue weighted by Gasteiger charge is -2.07. The third kappa shape index (κ3) is 4.77. The first-order chi connectivity index (χ1) is 9.78. The van der Waals surface area contributed by atoms with Gasteiger partial charge < -0.3 is 14.8 Å². The van der Waals surface area contributed by atoms with Crippen LogP contribution in [0.1, 0.15) is 12.8 Å². The number of hydrogen-bond acceptors (Lipinski definition) is 5. The summed E-state index contributed by atoms with van der Waals surface area (Å²) in [5, 5.41) is 3.54. The molecule has 1 heterocycles. The summed E-state index contributed by atoms with van der Waals surface area (Å²) in [4.78, 5) is 15.8. The van der Waals surface area contributed by atoms with Crippen LogP contribution in [0.3, 0.4) is 0 Å². The number of amides is 1. The van der Waals surface area contributed by atoms with Crippen LogP contribution in [-0.4, -0.2) is 37.1 Å². The van der Waals surface area contributed by atoms with Crippen LogP contribution in [0.4, 0.5) is 0 Å². The van der Waals surface area contributed by atoms with Crippen LogP contribution in [0.5, 0.6) is 11.5 Å². The summed E-state index contributed by atoms with van der Waals surface area (Å²) in [6, 6.07) is 7.39. The van der Waals surface area contributed by atoms with Gasteiger partial charge in [-0.25, -0.2) is 0 Å². The van der Waals surface area contributed by atoms with Gasteiger partial charge in [-0.15, -0.1) is 0 Å². The monoisotopic (exact) mass is 294 g/mol. The molecule has 2 rings (SSSR count). The second kappa shape index (κ2) is 7.79. The van der Waals surface area contributed by atoms with Gasteiger partial charge in [0.15, 0.2) is 5.17 Å². The summed E-state index contributed by atoms with van der Waals surface area (Å²) >= 11 is 1.59. The molecule has 0 bridgehead atoms. The van der Waals surface area contributed by atoms with Gasteiger partial charge in [0.25, 0.3) is 0 Å². The van der Waals surface area contributed by atoms with Crippen LogP contribution in [0, 0.1) is 0 Å². The first-order valence-electron chi connectivity index (χ1n) is 6.52. The quantitative estimate of drug-likeness (QED) is 0.816. The predicted molar refractivity (Wildman–Crippen MR) is 80.6 cm³/mol. The van der Waals surface area contributed by atoms with E-state index in [1.165, 1.54) is 0 Å². The molecule has 1 amide bonds. The molecule has 1 aliphatic rings. The Balaban J connectivity index is 1.61. The van der Waals surface area contributed by atoms with Gasteiger partial charge >= 0.3 is 0 Å². The first kappa shape index (κ1) is 14.7. The average Bonchev–Trinajstić information content (AvgIpc) is 2.97. The van der Waals surface area contributed by atoms with E-state index in [0.717, 1.165) is 29.0 Å². The first-order valence-corrected chi connectivity index (χ1v) is 7.50. The van der Waals surface area contributed by atoms with Crippen molar-refractivity contribution in [3.63, 3.8) is 0 Å². The minimum atomic E-state index is -0.00326. The largest absolute Gasteiger partial charge is 0.497 e. The minimum Gasteiger partial charge on any atom is -0.497 e. The summed E-state index contributed by atoms with van der Waals surface area (Å²) in [5.74, 6) is 2.53. The number of nitrogens with one attached hydrogen (secondary N) is 1. The van der Waals surface area contributed by atoms with E-state index in [1.807, 2.05) is 24.3 Å². The molecular weight excluding hydrogens is 276 g/mol. The van der Waals surface area contributed by atoms with Gasteiger partial charge in [0, 0.05) is 12.2 Å². The standard InChI is InChI=1S/C14H18N2O3S/c1-18-11-4-6-12(7-5-11)19-9-2-3-13(17)16-14-15-8-10-20-14/h4-7H,2-3,8-10H2,1H3,(H,15,16,17). The van der Waals surface area contributed by atoms with Gasteiger partial charge in [0.1, 0.15) is 11.5 Å².